The van der Waals surface area contributed by atoms with Crippen LogP contribution < -0.4 is 5.32 Å². The minimum atomic E-state index is -1.13. The van der Waals surface area contributed by atoms with Gasteiger partial charge in [0, 0.05) is 19.6 Å². The lowest BCUT2D eigenvalue weighted by atomic mass is 10.0. The Bertz CT molecular complexity index is 459. The fraction of sp³-hybridized carbons (Fsp3) is 0.417. The van der Waals surface area contributed by atoms with Gasteiger partial charge in [-0.1, -0.05) is 0 Å². The van der Waals surface area contributed by atoms with Gasteiger partial charge in [0.2, 0.25) is 0 Å². The SMILES string of the molecule is O=C(NCC1(O)CCOC1)c1cc(F)ccc1F. The van der Waals surface area contributed by atoms with Crippen molar-refractivity contribution in [1.82, 2.24) is 5.32 Å². The van der Waals surface area contributed by atoms with Gasteiger partial charge in [-0.3, -0.25) is 4.79 Å². The van der Waals surface area contributed by atoms with Crippen LogP contribution in [0.5, 0.6) is 0 Å². The summed E-state index contributed by atoms with van der Waals surface area (Å²) in [5.41, 5.74) is -1.50. The van der Waals surface area contributed by atoms with E-state index in [1.807, 2.05) is 0 Å². The smallest absolute Gasteiger partial charge is 0.254 e. The largest absolute Gasteiger partial charge is 0.386 e. The van der Waals surface area contributed by atoms with E-state index in [9.17, 15) is 18.7 Å². The van der Waals surface area contributed by atoms with Crippen molar-refractivity contribution in [3.63, 3.8) is 0 Å². The fourth-order valence-electron chi connectivity index (χ4n) is 1.75. The first-order valence-electron chi connectivity index (χ1n) is 5.54. The third-order valence-corrected chi connectivity index (χ3v) is 2.83. The van der Waals surface area contributed by atoms with Crippen LogP contribution in [0.1, 0.15) is 16.8 Å². The molecule has 1 fully saturated rings. The molecule has 1 unspecified atom stereocenters. The van der Waals surface area contributed by atoms with Gasteiger partial charge in [0.05, 0.1) is 12.2 Å². The van der Waals surface area contributed by atoms with E-state index in [4.69, 9.17) is 4.74 Å². The van der Waals surface area contributed by atoms with E-state index < -0.39 is 23.1 Å². The van der Waals surface area contributed by atoms with Crippen molar-refractivity contribution in [1.29, 1.82) is 0 Å². The summed E-state index contributed by atoms with van der Waals surface area (Å²) < 4.78 is 31.2. The van der Waals surface area contributed by atoms with Crippen molar-refractivity contribution in [2.75, 3.05) is 19.8 Å². The molecule has 0 saturated carbocycles. The van der Waals surface area contributed by atoms with Gasteiger partial charge in [0.1, 0.15) is 17.2 Å². The van der Waals surface area contributed by atoms with Crippen molar-refractivity contribution < 1.29 is 23.4 Å². The zero-order chi connectivity index (χ0) is 13.2. The molecule has 1 saturated heterocycles. The first-order chi connectivity index (χ1) is 8.50. The third kappa shape index (κ3) is 2.83. The Labute approximate surface area is 103 Å². The highest BCUT2D eigenvalue weighted by atomic mass is 19.1. The molecule has 4 nitrogen and oxygen atoms in total. The van der Waals surface area contributed by atoms with E-state index in [0.717, 1.165) is 18.2 Å². The van der Waals surface area contributed by atoms with Crippen LogP contribution in [0.3, 0.4) is 0 Å². The van der Waals surface area contributed by atoms with Crippen LogP contribution in [-0.2, 0) is 4.74 Å². The summed E-state index contributed by atoms with van der Waals surface area (Å²) in [5.74, 6) is -2.25. The first-order valence-corrected chi connectivity index (χ1v) is 5.54. The Morgan fingerprint density at radius 2 is 2.28 bits per heavy atom. The summed E-state index contributed by atoms with van der Waals surface area (Å²) in [6.45, 7) is 0.487. The topological polar surface area (TPSA) is 58.6 Å². The van der Waals surface area contributed by atoms with Crippen molar-refractivity contribution >= 4 is 5.91 Å². The standard InChI is InChI=1S/C12H13F2NO3/c13-8-1-2-10(14)9(5-8)11(16)15-6-12(17)3-4-18-7-12/h1-2,5,17H,3-4,6-7H2,(H,15,16). The van der Waals surface area contributed by atoms with Gasteiger partial charge >= 0.3 is 0 Å². The molecule has 1 amide bonds. The molecule has 98 valence electrons. The lowest BCUT2D eigenvalue weighted by Gasteiger charge is -2.20. The number of hydrogen-bond donors (Lipinski definition) is 2. The number of carbonyl (C=O) groups excluding carboxylic acids is 1. The van der Waals surface area contributed by atoms with Crippen LogP contribution in [0.2, 0.25) is 0 Å². The van der Waals surface area contributed by atoms with E-state index in [1.165, 1.54) is 0 Å². The van der Waals surface area contributed by atoms with Crippen molar-refractivity contribution in [3.05, 3.63) is 35.4 Å². The van der Waals surface area contributed by atoms with Crippen LogP contribution in [-0.4, -0.2) is 36.4 Å². The second-order valence-electron chi connectivity index (χ2n) is 4.33. The summed E-state index contributed by atoms with van der Waals surface area (Å²) in [7, 11) is 0. The van der Waals surface area contributed by atoms with Crippen LogP contribution >= 0.6 is 0 Å². The minimum Gasteiger partial charge on any atom is -0.386 e. The highest BCUT2D eigenvalue weighted by Gasteiger charge is 2.32. The van der Waals surface area contributed by atoms with Gasteiger partial charge in [0.25, 0.3) is 5.91 Å². The second kappa shape index (κ2) is 4.99. The molecule has 1 aliphatic heterocycles. The molecular formula is C12H13F2NO3. The maximum atomic E-state index is 13.3. The van der Waals surface area contributed by atoms with Gasteiger partial charge in [-0.2, -0.15) is 0 Å². The van der Waals surface area contributed by atoms with E-state index >= 15 is 0 Å². The lowest BCUT2D eigenvalue weighted by molar-refractivity contribution is 0.0264. The maximum absolute atomic E-state index is 13.3. The fourth-order valence-corrected chi connectivity index (χ4v) is 1.75. The number of amides is 1. The minimum absolute atomic E-state index is 0.0538. The van der Waals surface area contributed by atoms with E-state index in [0.29, 0.717) is 13.0 Å². The average Bonchev–Trinajstić information content (AvgIpc) is 2.77. The monoisotopic (exact) mass is 257 g/mol. The average molecular weight is 257 g/mol. The predicted octanol–water partition coefficient (Wildman–Crippen LogP) is 0.846. The molecule has 0 radical (unpaired) electrons. The Morgan fingerprint density at radius 3 is 2.94 bits per heavy atom. The van der Waals surface area contributed by atoms with Crippen LogP contribution in [0, 0.1) is 11.6 Å². The van der Waals surface area contributed by atoms with Gasteiger partial charge in [0.15, 0.2) is 0 Å². The normalized spacial score (nSPS) is 23.1. The molecule has 1 heterocycles. The molecule has 1 atom stereocenters. The zero-order valence-corrected chi connectivity index (χ0v) is 9.58. The molecule has 18 heavy (non-hydrogen) atoms. The van der Waals surface area contributed by atoms with E-state index in [-0.39, 0.29) is 18.7 Å². The molecule has 0 bridgehead atoms. The number of carbonyl (C=O) groups is 1. The molecule has 1 aliphatic rings. The molecular weight excluding hydrogens is 244 g/mol. The number of ether oxygens (including phenoxy) is 1. The Morgan fingerprint density at radius 1 is 1.50 bits per heavy atom. The molecule has 0 spiro atoms. The molecule has 2 N–H and O–H groups in total. The van der Waals surface area contributed by atoms with Crippen molar-refractivity contribution in [2.24, 2.45) is 0 Å². The second-order valence-corrected chi connectivity index (χ2v) is 4.33. The summed E-state index contributed by atoms with van der Waals surface area (Å²) in [4.78, 5) is 11.6. The van der Waals surface area contributed by atoms with Crippen molar-refractivity contribution in [3.8, 4) is 0 Å². The number of rotatable bonds is 3. The molecule has 6 heteroatoms. The maximum Gasteiger partial charge on any atom is 0.254 e. The Kier molecular flexibility index (Phi) is 3.58. The van der Waals surface area contributed by atoms with E-state index in [1.54, 1.807) is 0 Å². The van der Waals surface area contributed by atoms with Gasteiger partial charge in [-0.05, 0) is 18.2 Å². The number of hydrogen-bond acceptors (Lipinski definition) is 3. The van der Waals surface area contributed by atoms with Crippen LogP contribution in [0.15, 0.2) is 18.2 Å². The molecule has 0 aromatic heterocycles. The molecule has 2 rings (SSSR count). The Hall–Kier alpha value is -1.53. The van der Waals surface area contributed by atoms with E-state index in [2.05, 4.69) is 5.32 Å². The number of halogens is 2. The third-order valence-electron chi connectivity index (χ3n) is 2.83. The highest BCUT2D eigenvalue weighted by Crippen LogP contribution is 2.17. The van der Waals surface area contributed by atoms with Crippen LogP contribution in [0.4, 0.5) is 8.78 Å². The zero-order valence-electron chi connectivity index (χ0n) is 9.58. The number of benzene rings is 1. The predicted molar refractivity (Wildman–Crippen MR) is 59.1 cm³/mol. The Balaban J connectivity index is 2.01. The summed E-state index contributed by atoms with van der Waals surface area (Å²) in [6.07, 6.45) is 0.402. The quantitative estimate of drug-likeness (QED) is 0.843. The van der Waals surface area contributed by atoms with Crippen LogP contribution in [0.25, 0.3) is 0 Å². The lowest BCUT2D eigenvalue weighted by Crippen LogP contribution is -2.43. The van der Waals surface area contributed by atoms with Gasteiger partial charge in [-0.25, -0.2) is 8.78 Å². The van der Waals surface area contributed by atoms with Gasteiger partial charge < -0.3 is 15.2 Å². The molecule has 0 aliphatic carbocycles. The summed E-state index contributed by atoms with van der Waals surface area (Å²) in [5, 5.41) is 12.3. The number of aliphatic hydroxyl groups is 1. The highest BCUT2D eigenvalue weighted by molar-refractivity contribution is 5.94. The summed E-state index contributed by atoms with van der Waals surface area (Å²) in [6, 6.07) is 2.64. The number of nitrogens with one attached hydrogen (secondary N) is 1. The summed E-state index contributed by atoms with van der Waals surface area (Å²) >= 11 is 0. The van der Waals surface area contributed by atoms with Gasteiger partial charge in [-0.15, -0.1) is 0 Å². The molecule has 1 aromatic carbocycles. The first kappa shape index (κ1) is 12.9. The van der Waals surface area contributed by atoms with Crippen molar-refractivity contribution in [2.45, 2.75) is 12.0 Å². The molecule has 1 aromatic rings.